The van der Waals surface area contributed by atoms with Crippen LogP contribution in [-0.2, 0) is 19.6 Å². The number of nitrogens with one attached hydrogen (secondary N) is 1. The van der Waals surface area contributed by atoms with Gasteiger partial charge in [-0.2, -0.15) is 0 Å². The normalized spacial score (nSPS) is 17.0. The van der Waals surface area contributed by atoms with Crippen LogP contribution in [0.3, 0.4) is 0 Å². The number of ether oxygens (including phenoxy) is 1. The number of hydrogen-bond acceptors (Lipinski definition) is 6. The lowest BCUT2D eigenvalue weighted by Crippen LogP contribution is -2.36. The lowest BCUT2D eigenvalue weighted by Gasteiger charge is -2.28. The molecule has 8 nitrogen and oxygen atoms in total. The first kappa shape index (κ1) is 17.7. The summed E-state index contributed by atoms with van der Waals surface area (Å²) in [6.07, 6.45) is 0.0282. The van der Waals surface area contributed by atoms with E-state index in [2.05, 4.69) is 9.62 Å². The van der Waals surface area contributed by atoms with Gasteiger partial charge in [-0.1, -0.05) is 0 Å². The van der Waals surface area contributed by atoms with Crippen LogP contribution in [0.5, 0.6) is 0 Å². The second-order valence-corrected chi connectivity index (χ2v) is 6.99. The Morgan fingerprint density at radius 2 is 1.91 bits per heavy atom. The van der Waals surface area contributed by atoms with Crippen LogP contribution in [0, 0.1) is 0 Å². The highest BCUT2D eigenvalue weighted by atomic mass is 32.2. The summed E-state index contributed by atoms with van der Waals surface area (Å²) in [5, 5.41) is 8.67. The molecule has 0 bridgehead atoms. The van der Waals surface area contributed by atoms with Crippen LogP contribution in [0.4, 0.5) is 5.69 Å². The molecule has 9 heteroatoms. The minimum atomic E-state index is -3.67. The number of anilines is 1. The molecule has 0 amide bonds. The van der Waals surface area contributed by atoms with E-state index in [1.54, 1.807) is 12.1 Å². The van der Waals surface area contributed by atoms with Crippen molar-refractivity contribution in [1.82, 2.24) is 4.72 Å². The largest absolute Gasteiger partial charge is 0.480 e. The Labute approximate surface area is 135 Å². The molecule has 0 spiro atoms. The van der Waals surface area contributed by atoms with E-state index in [1.807, 2.05) is 0 Å². The van der Waals surface area contributed by atoms with Crippen LogP contribution in [0.25, 0.3) is 0 Å². The zero-order valence-corrected chi connectivity index (χ0v) is 13.5. The Morgan fingerprint density at radius 1 is 1.30 bits per heavy atom. The molecule has 0 radical (unpaired) electrons. The van der Waals surface area contributed by atoms with Crippen LogP contribution in [0.15, 0.2) is 29.2 Å². The van der Waals surface area contributed by atoms with Crippen molar-refractivity contribution < 1.29 is 23.1 Å². The second-order valence-electron chi connectivity index (χ2n) is 5.22. The van der Waals surface area contributed by atoms with Gasteiger partial charge in [0, 0.05) is 25.3 Å². The number of hydrogen-bond donors (Lipinski definition) is 3. The van der Waals surface area contributed by atoms with Crippen molar-refractivity contribution >= 4 is 21.7 Å². The molecule has 1 saturated heterocycles. The SMILES string of the molecule is NC(CCNS(=O)(=O)c1ccc(N2CCOCC2)cc1)C(=O)O. The van der Waals surface area contributed by atoms with Crippen molar-refractivity contribution in [2.24, 2.45) is 5.73 Å². The molecule has 1 aromatic carbocycles. The number of rotatable bonds is 7. The van der Waals surface area contributed by atoms with Gasteiger partial charge in [-0.25, -0.2) is 13.1 Å². The lowest BCUT2D eigenvalue weighted by molar-refractivity contribution is -0.138. The van der Waals surface area contributed by atoms with Crippen molar-refractivity contribution in [2.75, 3.05) is 37.7 Å². The fraction of sp³-hybridized carbons (Fsp3) is 0.500. The first-order valence-corrected chi connectivity index (χ1v) is 8.79. The fourth-order valence-corrected chi connectivity index (χ4v) is 3.26. The maximum atomic E-state index is 12.1. The third kappa shape index (κ3) is 4.90. The summed E-state index contributed by atoms with van der Waals surface area (Å²) >= 11 is 0. The molecule has 1 heterocycles. The van der Waals surface area contributed by atoms with E-state index < -0.39 is 22.0 Å². The predicted octanol–water partition coefficient (Wildman–Crippen LogP) is -0.396. The second kappa shape index (κ2) is 7.73. The maximum Gasteiger partial charge on any atom is 0.320 e. The van der Waals surface area contributed by atoms with E-state index in [0.29, 0.717) is 13.2 Å². The summed E-state index contributed by atoms with van der Waals surface area (Å²) in [6, 6.07) is 5.49. The minimum Gasteiger partial charge on any atom is -0.480 e. The number of sulfonamides is 1. The predicted molar refractivity (Wildman–Crippen MR) is 84.9 cm³/mol. The summed E-state index contributed by atoms with van der Waals surface area (Å²) in [5.41, 5.74) is 6.28. The smallest absolute Gasteiger partial charge is 0.320 e. The first-order chi connectivity index (χ1) is 10.9. The Balaban J connectivity index is 1.95. The molecule has 1 atom stereocenters. The van der Waals surface area contributed by atoms with Gasteiger partial charge >= 0.3 is 5.97 Å². The molecular formula is C14H21N3O5S. The standard InChI is InChI=1S/C14H21N3O5S/c15-13(14(18)19)5-6-16-23(20,21)12-3-1-11(2-4-12)17-7-9-22-10-8-17/h1-4,13,16H,5-10,15H2,(H,18,19). The average molecular weight is 343 g/mol. The Bertz CT molecular complexity index is 626. The van der Waals surface area contributed by atoms with E-state index in [0.717, 1.165) is 18.8 Å². The molecule has 0 aliphatic carbocycles. The van der Waals surface area contributed by atoms with Gasteiger partial charge in [0.1, 0.15) is 6.04 Å². The summed E-state index contributed by atoms with van der Waals surface area (Å²) in [7, 11) is -3.67. The van der Waals surface area contributed by atoms with Gasteiger partial charge in [0.15, 0.2) is 0 Å². The van der Waals surface area contributed by atoms with E-state index in [9.17, 15) is 13.2 Å². The van der Waals surface area contributed by atoms with E-state index in [-0.39, 0.29) is 17.9 Å². The van der Waals surface area contributed by atoms with Crippen LogP contribution in [-0.4, -0.2) is 58.4 Å². The number of carbonyl (C=O) groups is 1. The number of nitrogens with two attached hydrogens (primary N) is 1. The summed E-state index contributed by atoms with van der Waals surface area (Å²) in [5.74, 6) is -1.15. The molecule has 2 rings (SSSR count). The zero-order chi connectivity index (χ0) is 16.9. The zero-order valence-electron chi connectivity index (χ0n) is 12.6. The average Bonchev–Trinajstić information content (AvgIpc) is 2.55. The quantitative estimate of drug-likeness (QED) is 0.616. The molecule has 23 heavy (non-hydrogen) atoms. The lowest BCUT2D eigenvalue weighted by atomic mass is 10.2. The Hall–Kier alpha value is -1.68. The highest BCUT2D eigenvalue weighted by Gasteiger charge is 2.17. The Morgan fingerprint density at radius 3 is 2.48 bits per heavy atom. The van der Waals surface area contributed by atoms with Crippen LogP contribution in [0.2, 0.25) is 0 Å². The number of carboxylic acids is 1. The van der Waals surface area contributed by atoms with Crippen molar-refractivity contribution in [3.63, 3.8) is 0 Å². The third-order valence-electron chi connectivity index (χ3n) is 3.59. The first-order valence-electron chi connectivity index (χ1n) is 7.31. The number of carboxylic acid groups (broad SMARTS) is 1. The van der Waals surface area contributed by atoms with Gasteiger partial charge < -0.3 is 20.5 Å². The molecule has 1 aliphatic rings. The minimum absolute atomic E-state index is 0.0268. The molecular weight excluding hydrogens is 322 g/mol. The molecule has 1 aromatic rings. The molecule has 128 valence electrons. The van der Waals surface area contributed by atoms with E-state index in [4.69, 9.17) is 15.6 Å². The monoisotopic (exact) mass is 343 g/mol. The van der Waals surface area contributed by atoms with Gasteiger partial charge in [0.25, 0.3) is 0 Å². The van der Waals surface area contributed by atoms with E-state index in [1.165, 1.54) is 12.1 Å². The van der Waals surface area contributed by atoms with Crippen molar-refractivity contribution in [3.8, 4) is 0 Å². The molecule has 0 aromatic heterocycles. The number of morpholine rings is 1. The molecule has 1 aliphatic heterocycles. The van der Waals surface area contributed by atoms with Crippen molar-refractivity contribution in [1.29, 1.82) is 0 Å². The summed E-state index contributed by atoms with van der Waals surface area (Å²) in [4.78, 5) is 12.9. The summed E-state index contributed by atoms with van der Waals surface area (Å²) < 4.78 is 31.9. The maximum absolute atomic E-state index is 12.1. The molecule has 1 fully saturated rings. The van der Waals surface area contributed by atoms with Crippen LogP contribution in [0.1, 0.15) is 6.42 Å². The van der Waals surface area contributed by atoms with Crippen molar-refractivity contribution in [2.45, 2.75) is 17.4 Å². The fourth-order valence-electron chi connectivity index (χ4n) is 2.21. The van der Waals surface area contributed by atoms with Crippen LogP contribution >= 0.6 is 0 Å². The van der Waals surface area contributed by atoms with Gasteiger partial charge in [-0.15, -0.1) is 0 Å². The number of nitrogens with zero attached hydrogens (tertiary/aromatic N) is 1. The van der Waals surface area contributed by atoms with Gasteiger partial charge in [0.05, 0.1) is 18.1 Å². The van der Waals surface area contributed by atoms with E-state index >= 15 is 0 Å². The number of benzene rings is 1. The highest BCUT2D eigenvalue weighted by molar-refractivity contribution is 7.89. The van der Waals surface area contributed by atoms with Gasteiger partial charge in [0.2, 0.25) is 10.0 Å². The summed E-state index contributed by atoms with van der Waals surface area (Å²) in [6.45, 7) is 2.84. The Kier molecular flexibility index (Phi) is 5.94. The number of aliphatic carboxylic acids is 1. The van der Waals surface area contributed by atoms with Gasteiger partial charge in [-0.3, -0.25) is 4.79 Å². The van der Waals surface area contributed by atoms with Gasteiger partial charge in [-0.05, 0) is 30.7 Å². The topological polar surface area (TPSA) is 122 Å². The highest BCUT2D eigenvalue weighted by Crippen LogP contribution is 2.19. The molecule has 1 unspecified atom stereocenters. The molecule has 0 saturated carbocycles. The third-order valence-corrected chi connectivity index (χ3v) is 5.06. The van der Waals surface area contributed by atoms with Crippen LogP contribution < -0.4 is 15.4 Å². The van der Waals surface area contributed by atoms with Crippen molar-refractivity contribution in [3.05, 3.63) is 24.3 Å². The molecule has 4 N–H and O–H groups in total.